The molecule has 0 aromatic rings. The van der Waals surface area contributed by atoms with Gasteiger partial charge in [-0.25, -0.2) is 4.79 Å². The van der Waals surface area contributed by atoms with Crippen LogP contribution in [0.2, 0.25) is 0 Å². The second kappa shape index (κ2) is 24.5. The molecule has 4 saturated heterocycles. The highest BCUT2D eigenvalue weighted by Crippen LogP contribution is 2.76. The van der Waals surface area contributed by atoms with Gasteiger partial charge in [0.25, 0.3) is 0 Å². The Morgan fingerprint density at radius 1 is 0.643 bits per heavy atom. The zero-order chi connectivity index (χ0) is 61.7. The minimum Gasteiger partial charge on any atom is -0.479 e. The average molecular weight is 1210 g/mol. The van der Waals surface area contributed by atoms with Crippen molar-refractivity contribution in [3.8, 4) is 0 Å². The fourth-order valence-electron chi connectivity index (χ4n) is 17.1. The number of aliphatic hydroxyl groups is 14. The van der Waals surface area contributed by atoms with Crippen LogP contribution in [0, 0.1) is 56.2 Å². The highest BCUT2D eigenvalue weighted by Gasteiger charge is 2.72. The van der Waals surface area contributed by atoms with E-state index in [1.54, 1.807) is 6.92 Å². The van der Waals surface area contributed by atoms with E-state index in [1.807, 2.05) is 13.8 Å². The predicted octanol–water partition coefficient (Wildman–Crippen LogP) is -2.32. The number of carboxylic acids is 1. The van der Waals surface area contributed by atoms with Crippen LogP contribution in [-0.4, -0.2) is 257 Å². The van der Waals surface area contributed by atoms with Gasteiger partial charge in [-0.2, -0.15) is 0 Å². The van der Waals surface area contributed by atoms with Gasteiger partial charge in [0.1, 0.15) is 92.1 Å². The fourth-order valence-corrected chi connectivity index (χ4v) is 17.1. The molecule has 482 valence electrons. The number of carboxylic acid groups (broad SMARTS) is 1. The number of ether oxygens (including phenoxy) is 9. The third kappa shape index (κ3) is 10.9. The molecular weight excluding hydrogens is 1110 g/mol. The van der Waals surface area contributed by atoms with E-state index in [4.69, 9.17) is 42.6 Å². The van der Waals surface area contributed by atoms with Gasteiger partial charge in [0.15, 0.2) is 31.3 Å². The molecule has 84 heavy (non-hydrogen) atoms. The molecule has 4 heterocycles. The average Bonchev–Trinajstić information content (AvgIpc) is 0.684. The van der Waals surface area contributed by atoms with Crippen LogP contribution in [0.15, 0.2) is 11.6 Å². The van der Waals surface area contributed by atoms with Crippen molar-refractivity contribution >= 4 is 11.9 Å². The molecule has 15 N–H and O–H groups in total. The van der Waals surface area contributed by atoms with Crippen molar-refractivity contribution in [2.24, 2.45) is 56.2 Å². The summed E-state index contributed by atoms with van der Waals surface area (Å²) in [7, 11) is 0. The first-order valence-electron chi connectivity index (χ1n) is 30.0. The summed E-state index contributed by atoms with van der Waals surface area (Å²) < 4.78 is 54.6. The molecule has 0 radical (unpaired) electrons. The minimum atomic E-state index is -2.27. The Balaban J connectivity index is 1.04. The topological polar surface area (TPSA) is 421 Å². The number of fused-ring (bicyclic) bond motifs is 7. The Morgan fingerprint density at radius 3 is 1.80 bits per heavy atom. The van der Waals surface area contributed by atoms with Gasteiger partial charge in [0, 0.05) is 5.41 Å². The lowest BCUT2D eigenvalue weighted by atomic mass is 9.33. The van der Waals surface area contributed by atoms with Crippen molar-refractivity contribution in [1.29, 1.82) is 0 Å². The number of rotatable bonds is 16. The number of carbonyl (C=O) groups is 2. The number of allylic oxidation sites excluding steroid dienone is 2. The number of hydrogen-bond acceptors (Lipinski definition) is 25. The normalized spacial score (nSPS) is 52.4. The highest BCUT2D eigenvalue weighted by atomic mass is 16.8. The Morgan fingerprint density at radius 2 is 1.23 bits per heavy atom. The number of aliphatic hydroxyl groups excluding tert-OH is 14. The molecule has 26 heteroatoms. The Hall–Kier alpha value is -2.20. The molecule has 4 aliphatic heterocycles. The first-order chi connectivity index (χ1) is 39.3. The largest absolute Gasteiger partial charge is 0.479 e. The second-order valence-corrected chi connectivity index (χ2v) is 27.7. The van der Waals surface area contributed by atoms with Gasteiger partial charge >= 0.3 is 11.9 Å². The van der Waals surface area contributed by atoms with Gasteiger partial charge in [-0.3, -0.25) is 4.79 Å². The van der Waals surface area contributed by atoms with E-state index in [-0.39, 0.29) is 48.1 Å². The number of esters is 1. The Bertz CT molecular complexity index is 2340. The van der Waals surface area contributed by atoms with Crippen LogP contribution < -0.4 is 0 Å². The van der Waals surface area contributed by atoms with Crippen molar-refractivity contribution in [1.82, 2.24) is 0 Å². The number of aliphatic carboxylic acids is 1. The van der Waals surface area contributed by atoms with Crippen molar-refractivity contribution in [2.75, 3.05) is 33.0 Å². The van der Waals surface area contributed by atoms with E-state index in [2.05, 4.69) is 40.7 Å². The maximum Gasteiger partial charge on any atom is 0.335 e. The zero-order valence-corrected chi connectivity index (χ0v) is 49.2. The predicted molar refractivity (Wildman–Crippen MR) is 285 cm³/mol. The summed E-state index contributed by atoms with van der Waals surface area (Å²) in [5.41, 5.74) is -3.05. The van der Waals surface area contributed by atoms with Crippen LogP contribution in [0.3, 0.4) is 0 Å². The molecule has 4 saturated carbocycles. The molecular formula is C58H94O26. The van der Waals surface area contributed by atoms with E-state index in [0.717, 1.165) is 5.57 Å². The van der Waals surface area contributed by atoms with Crippen molar-refractivity contribution in [2.45, 2.75) is 248 Å². The van der Waals surface area contributed by atoms with E-state index in [0.29, 0.717) is 51.4 Å². The monoisotopic (exact) mass is 1210 g/mol. The number of hydrogen-bond donors (Lipinski definition) is 15. The van der Waals surface area contributed by atoms with Crippen molar-refractivity contribution in [3.05, 3.63) is 11.6 Å². The molecule has 5 unspecified atom stereocenters. The standard InChI is InChI=1S/C58H94O26/c1-9-24(2)48(75)77-23-58-26(16-53(3,4)17-32(58)63)25-10-11-31-54(5)14-13-34(55(6,22-61)30(54)12-15-56(31,7)57(25,8)18-33(58)64)80-52-46(84-50-41(71)39(69)37(67)29(20-60)79-50)43(42(72)44(82-52)47(73)74)81-51-45(35(65)27(62)21-76-51)83-49-40(70)38(68)36(66)28(19-59)78-49/h10,24,26-46,49-52,59-72H,9,11-23H2,1-8H3,(H,73,74)/t24?,26-,27-,28?,29+,30+,31+,32-,33+,34-,35-,36?,37-,38?,39-,40?,41+,42-,43-,44-,45+,46+,49-,50-,51-,52+,54-,55-,56+,57+,58+/m0/s1. The fraction of sp³-hybridized carbons (Fsp3) is 0.931. The van der Waals surface area contributed by atoms with Crippen LogP contribution in [0.4, 0.5) is 0 Å². The molecule has 0 bridgehead atoms. The smallest absolute Gasteiger partial charge is 0.335 e. The summed E-state index contributed by atoms with van der Waals surface area (Å²) >= 11 is 0. The van der Waals surface area contributed by atoms with Crippen LogP contribution in [0.1, 0.15) is 113 Å². The van der Waals surface area contributed by atoms with Gasteiger partial charge in [-0.1, -0.05) is 67.0 Å². The van der Waals surface area contributed by atoms with Crippen LogP contribution >= 0.6 is 0 Å². The Kier molecular flexibility index (Phi) is 19.3. The summed E-state index contributed by atoms with van der Waals surface area (Å²) in [6.45, 7) is 13.5. The lowest BCUT2D eigenvalue weighted by Crippen LogP contribution is -2.70. The molecule has 0 spiro atoms. The Labute approximate surface area is 488 Å². The highest BCUT2D eigenvalue weighted by molar-refractivity contribution is 5.73. The van der Waals surface area contributed by atoms with E-state index in [1.165, 1.54) is 0 Å². The third-order valence-electron chi connectivity index (χ3n) is 22.5. The van der Waals surface area contributed by atoms with Gasteiger partial charge in [0.2, 0.25) is 0 Å². The number of carbonyl (C=O) groups excluding carboxylic acids is 1. The third-order valence-corrected chi connectivity index (χ3v) is 22.5. The first kappa shape index (κ1) is 66.2. The maximum absolute atomic E-state index is 13.2. The molecule has 0 aromatic heterocycles. The van der Waals surface area contributed by atoms with Crippen LogP contribution in [0.25, 0.3) is 0 Å². The van der Waals surface area contributed by atoms with E-state index < -0.39 is 195 Å². The van der Waals surface area contributed by atoms with E-state index in [9.17, 15) is 86.2 Å². The van der Waals surface area contributed by atoms with Gasteiger partial charge < -0.3 is 119 Å². The van der Waals surface area contributed by atoms with Crippen molar-refractivity contribution < 1.29 is 129 Å². The SMILES string of the molecule is CCC(C)C(=O)OC[C@@]12[C@H](O)C[C@]3(C)C(=CC[C@@H]4[C@@]5(C)CC[C@H](O[C@@H]6O[C@H](C(=O)O)[C@@H](O)[C@H](O[C@@H]7OC[C@H](O)[C@H](O)[C@H]7O[C@@H]7OC(CO)C(O)C(O)C7O)[C@H]6O[C@@H]6O[C@H](CO)[C@H](O)[C@H](O)[C@H]6O)[C@@](C)(CO)[C@@H]5CC[C@]43C)[C@@H]1CC(C)(C)C[C@@H]2O. The molecule has 0 aromatic carbocycles. The maximum atomic E-state index is 13.2. The lowest BCUT2D eigenvalue weighted by Gasteiger charge is -2.72. The molecule has 5 aliphatic carbocycles. The molecule has 9 rings (SSSR count). The molecule has 9 aliphatic rings. The van der Waals surface area contributed by atoms with Crippen molar-refractivity contribution in [3.63, 3.8) is 0 Å². The van der Waals surface area contributed by atoms with E-state index >= 15 is 0 Å². The molecule has 0 amide bonds. The molecule has 8 fully saturated rings. The lowest BCUT2D eigenvalue weighted by molar-refractivity contribution is -0.401. The van der Waals surface area contributed by atoms with Crippen LogP contribution in [0.5, 0.6) is 0 Å². The first-order valence-corrected chi connectivity index (χ1v) is 30.0. The summed E-state index contributed by atoms with van der Waals surface area (Å²) in [5.74, 6) is -3.15. The molecule has 31 atom stereocenters. The summed E-state index contributed by atoms with van der Waals surface area (Å²) in [5, 5.41) is 167. The summed E-state index contributed by atoms with van der Waals surface area (Å²) in [6.07, 6.45) is -33.1. The quantitative estimate of drug-likeness (QED) is 0.0438. The molecule has 26 nitrogen and oxygen atoms in total. The van der Waals surface area contributed by atoms with Gasteiger partial charge in [0.05, 0.1) is 56.1 Å². The summed E-state index contributed by atoms with van der Waals surface area (Å²) in [4.78, 5) is 26.4. The van der Waals surface area contributed by atoms with Gasteiger partial charge in [-0.15, -0.1) is 0 Å². The zero-order valence-electron chi connectivity index (χ0n) is 49.2. The minimum absolute atomic E-state index is 0.0474. The van der Waals surface area contributed by atoms with Gasteiger partial charge in [-0.05, 0) is 97.2 Å². The van der Waals surface area contributed by atoms with Crippen LogP contribution in [-0.2, 0) is 52.2 Å². The second-order valence-electron chi connectivity index (χ2n) is 27.7. The summed E-state index contributed by atoms with van der Waals surface area (Å²) in [6, 6.07) is 0.